The second-order valence-electron chi connectivity index (χ2n) is 1.43. The summed E-state index contributed by atoms with van der Waals surface area (Å²) in [5.74, 6) is 0. The van der Waals surface area contributed by atoms with E-state index in [4.69, 9.17) is 25.4 Å². The fourth-order valence-corrected chi connectivity index (χ4v) is 0.623. The molecule has 0 aromatic heterocycles. The van der Waals surface area contributed by atoms with Gasteiger partial charge in [-0.2, -0.15) is 9.79 Å². The second-order valence-corrected chi connectivity index (χ2v) is 3.26. The fourth-order valence-electron chi connectivity index (χ4n) is 0.208. The van der Waals surface area contributed by atoms with Gasteiger partial charge in [-0.05, 0) is 0 Å². The van der Waals surface area contributed by atoms with Gasteiger partial charge in [0.2, 0.25) is 0 Å². The average Bonchev–Trinajstić information content (AvgIpc) is 1.14. The Bertz CT molecular complexity index is 78.2. The van der Waals surface area contributed by atoms with Gasteiger partial charge in [-0.1, -0.05) is 0 Å². The lowest BCUT2D eigenvalue weighted by Crippen LogP contribution is -2.36. The third-order valence-corrected chi connectivity index (χ3v) is 0.793. The van der Waals surface area contributed by atoms with E-state index in [-0.39, 0.29) is 0 Å². The molecule has 0 unspecified atom stereocenters. The normalized spacial score (nSPS) is 14.0. The van der Waals surface area contributed by atoms with E-state index in [2.05, 4.69) is 4.62 Å². The lowest BCUT2D eigenvalue weighted by molar-refractivity contribution is -1.46. The molecule has 0 aliphatic rings. The minimum Gasteiger partial charge on any atom is -0.188 e. The molecule has 0 fully saturated rings. The summed E-state index contributed by atoms with van der Waals surface area (Å²) in [5.41, 5.74) is 0. The number of hydrogen-bond donors (Lipinski definition) is 5. The van der Waals surface area contributed by atoms with Crippen LogP contribution < -0.4 is 0 Å². The highest BCUT2D eigenvalue weighted by Gasteiger charge is 2.45. The summed E-state index contributed by atoms with van der Waals surface area (Å²) < 4.78 is 3.45. The predicted molar refractivity (Wildman–Crippen MR) is 24.0 cm³/mol. The van der Waals surface area contributed by atoms with Crippen LogP contribution in [0.5, 0.6) is 0 Å². The van der Waals surface area contributed by atoms with Crippen molar-refractivity contribution in [3.63, 3.8) is 0 Å². The van der Waals surface area contributed by atoms with Crippen LogP contribution in [0.1, 0.15) is 0 Å². The molecular formula is CH8NO6P+2. The quantitative estimate of drug-likeness (QED) is 0.207. The van der Waals surface area contributed by atoms with E-state index in [1.54, 1.807) is 0 Å². The van der Waals surface area contributed by atoms with Crippen molar-refractivity contribution in [2.45, 2.75) is 0 Å². The van der Waals surface area contributed by atoms with Crippen LogP contribution in [0.2, 0.25) is 0 Å². The first-order chi connectivity index (χ1) is 3.71. The molecule has 0 rings (SSSR count). The zero-order valence-electron chi connectivity index (χ0n) is 4.54. The van der Waals surface area contributed by atoms with E-state index in [0.29, 0.717) is 0 Å². The second kappa shape index (κ2) is 2.41. The molecule has 56 valence electrons. The van der Waals surface area contributed by atoms with Gasteiger partial charge in [-0.25, -0.2) is 0 Å². The Kier molecular flexibility index (Phi) is 2.45. The molecule has 8 heteroatoms. The molecule has 0 aromatic rings. The zero-order chi connectivity index (χ0) is 7.71. The van der Waals surface area contributed by atoms with E-state index in [1.165, 1.54) is 0 Å². The van der Waals surface area contributed by atoms with Crippen molar-refractivity contribution < 1.29 is 35.2 Å². The van der Waals surface area contributed by atoms with Crippen LogP contribution in [0.3, 0.4) is 0 Å². The molecule has 0 atom stereocenters. The summed E-state index contributed by atoms with van der Waals surface area (Å²) in [6, 6.07) is 0. The molecule has 0 spiro atoms. The van der Waals surface area contributed by atoms with E-state index < -0.39 is 13.1 Å². The molecule has 5 N–H and O–H groups in total. The van der Waals surface area contributed by atoms with Crippen molar-refractivity contribution in [1.29, 1.82) is 0 Å². The first kappa shape index (κ1) is 9.15. The predicted octanol–water partition coefficient (Wildman–Crippen LogP) is -0.721. The summed E-state index contributed by atoms with van der Waals surface area (Å²) in [7, 11) is -3.82. The topological polar surface area (TPSA) is 110 Å². The Morgan fingerprint density at radius 3 is 1.56 bits per heavy atom. The smallest absolute Gasteiger partial charge is 0.188 e. The molecule has 0 amide bonds. The van der Waals surface area contributed by atoms with E-state index in [1.807, 2.05) is 0 Å². The summed E-state index contributed by atoms with van der Waals surface area (Å²) in [5, 5.41) is 20.8. The van der Waals surface area contributed by atoms with Crippen molar-refractivity contribution in [1.82, 2.24) is 0 Å². The van der Waals surface area contributed by atoms with Crippen LogP contribution in [0.15, 0.2) is 0 Å². The van der Waals surface area contributed by atoms with Crippen molar-refractivity contribution in [2.75, 3.05) is 6.66 Å². The van der Waals surface area contributed by atoms with E-state index in [9.17, 15) is 0 Å². The summed E-state index contributed by atoms with van der Waals surface area (Å²) >= 11 is 0. The highest BCUT2D eigenvalue weighted by molar-refractivity contribution is 7.58. The molecule has 0 aliphatic heterocycles. The number of quaternary nitrogens is 1. The molecule has 0 aliphatic carbocycles. The first-order valence-electron chi connectivity index (χ1n) is 1.81. The SMILES string of the molecule is C[P+](O)(O)O[N+](O)(O)O. The zero-order valence-corrected chi connectivity index (χ0v) is 5.43. The van der Waals surface area contributed by atoms with Gasteiger partial charge in [0, 0.05) is 0 Å². The van der Waals surface area contributed by atoms with Crippen molar-refractivity contribution in [2.24, 2.45) is 0 Å². The van der Waals surface area contributed by atoms with Gasteiger partial charge < -0.3 is 0 Å². The molecule has 7 nitrogen and oxygen atoms in total. The lowest BCUT2D eigenvalue weighted by atomic mass is 12.0. The highest BCUT2D eigenvalue weighted by atomic mass is 31.2. The van der Waals surface area contributed by atoms with Gasteiger partial charge in [0.1, 0.15) is 11.3 Å². The molecular weight excluding hydrogens is 153 g/mol. The van der Waals surface area contributed by atoms with Crippen LogP contribution in [0.4, 0.5) is 0 Å². The van der Waals surface area contributed by atoms with Gasteiger partial charge in [0.15, 0.2) is 0 Å². The van der Waals surface area contributed by atoms with Crippen molar-refractivity contribution in [3.8, 4) is 0 Å². The Balaban J connectivity index is 3.75. The first-order valence-corrected chi connectivity index (χ1v) is 3.87. The fraction of sp³-hybridized carbons (Fsp3) is 1.00. The van der Waals surface area contributed by atoms with Crippen molar-refractivity contribution in [3.05, 3.63) is 0 Å². The van der Waals surface area contributed by atoms with Gasteiger partial charge >= 0.3 is 7.94 Å². The summed E-state index contributed by atoms with van der Waals surface area (Å²) in [4.78, 5) is 16.6. The molecule has 0 saturated heterocycles. The maximum Gasteiger partial charge on any atom is 0.484 e. The average molecular weight is 161 g/mol. The van der Waals surface area contributed by atoms with Crippen LogP contribution in [-0.2, 0) is 4.62 Å². The van der Waals surface area contributed by atoms with Crippen LogP contribution >= 0.6 is 7.94 Å². The Morgan fingerprint density at radius 1 is 1.22 bits per heavy atom. The van der Waals surface area contributed by atoms with Crippen LogP contribution in [-0.4, -0.2) is 37.2 Å². The molecule has 0 saturated carbocycles. The molecule has 9 heavy (non-hydrogen) atoms. The monoisotopic (exact) mass is 161 g/mol. The minimum absolute atomic E-state index is 0.794. The highest BCUT2D eigenvalue weighted by Crippen LogP contribution is 2.47. The molecule has 0 radical (unpaired) electrons. The Hall–Kier alpha value is 0.150. The van der Waals surface area contributed by atoms with E-state index >= 15 is 0 Å². The van der Waals surface area contributed by atoms with Crippen LogP contribution in [0.25, 0.3) is 0 Å². The number of hydrogen-bond acceptors (Lipinski definition) is 6. The molecule has 0 heterocycles. The summed E-state index contributed by atoms with van der Waals surface area (Å²) in [6.45, 7) is 0.794. The van der Waals surface area contributed by atoms with Gasteiger partial charge in [0.25, 0.3) is 5.14 Å². The van der Waals surface area contributed by atoms with Gasteiger partial charge in [-0.3, -0.25) is 0 Å². The van der Waals surface area contributed by atoms with Gasteiger partial charge in [-0.15, -0.1) is 15.6 Å². The molecule has 0 bridgehead atoms. The number of rotatable bonds is 2. The third-order valence-electron chi connectivity index (χ3n) is 0.264. The summed E-state index contributed by atoms with van der Waals surface area (Å²) in [6.07, 6.45) is 0. The third kappa shape index (κ3) is 8.15. The molecule has 0 aromatic carbocycles. The standard InChI is InChI=1S/CH8NO6P/c1-9(6,7)8-2(3,4)5/h3-7H,1H3/q+2. The lowest BCUT2D eigenvalue weighted by Gasteiger charge is -2.07. The number of nitrogens with zero attached hydrogens (tertiary/aromatic N) is 1. The van der Waals surface area contributed by atoms with Gasteiger partial charge in [0.05, 0.1) is 0 Å². The van der Waals surface area contributed by atoms with Crippen molar-refractivity contribution >= 4 is 7.94 Å². The Morgan fingerprint density at radius 2 is 1.56 bits per heavy atom. The Labute approximate surface area is 51.0 Å². The maximum atomic E-state index is 8.30. The maximum absolute atomic E-state index is 8.30. The largest absolute Gasteiger partial charge is 0.484 e. The minimum atomic E-state index is -3.82. The van der Waals surface area contributed by atoms with E-state index in [0.717, 1.165) is 6.66 Å². The van der Waals surface area contributed by atoms with Crippen LogP contribution in [0, 0.1) is 0 Å².